The van der Waals surface area contributed by atoms with Gasteiger partial charge in [-0.1, -0.05) is 12.1 Å². The molecule has 0 amide bonds. The van der Waals surface area contributed by atoms with Crippen LogP contribution in [0.1, 0.15) is 22.4 Å². The van der Waals surface area contributed by atoms with Gasteiger partial charge in [-0.05, 0) is 60.5 Å². The normalized spacial score (nSPS) is 11.7. The van der Waals surface area contributed by atoms with Crippen molar-refractivity contribution in [1.82, 2.24) is 4.98 Å². The highest BCUT2D eigenvalue weighted by molar-refractivity contribution is 7.86. The van der Waals surface area contributed by atoms with Crippen molar-refractivity contribution in [3.63, 3.8) is 0 Å². The van der Waals surface area contributed by atoms with E-state index in [9.17, 15) is 22.1 Å². The van der Waals surface area contributed by atoms with Crippen molar-refractivity contribution in [2.45, 2.75) is 23.1 Å². The van der Waals surface area contributed by atoms with Crippen molar-refractivity contribution >= 4 is 31.7 Å². The van der Waals surface area contributed by atoms with E-state index in [4.69, 9.17) is 9.11 Å². The number of anilines is 2. The molecule has 160 valence electrons. The lowest BCUT2D eigenvalue weighted by Crippen LogP contribution is -2.04. The molecular weight excluding hydrogens is 442 g/mol. The maximum Gasteiger partial charge on any atom is 0.294 e. The monoisotopic (exact) mass is 459 g/mol. The van der Waals surface area contributed by atoms with Crippen molar-refractivity contribution in [1.29, 1.82) is 5.26 Å². The molecule has 0 radical (unpaired) electrons. The van der Waals surface area contributed by atoms with Gasteiger partial charge in [0.05, 0.1) is 21.0 Å². The summed E-state index contributed by atoms with van der Waals surface area (Å²) in [5.41, 5.74) is 2.71. The van der Waals surface area contributed by atoms with E-state index in [1.165, 1.54) is 48.5 Å². The fourth-order valence-electron chi connectivity index (χ4n) is 2.91. The maximum absolute atomic E-state index is 11.2. The van der Waals surface area contributed by atoms with Gasteiger partial charge < -0.3 is 5.32 Å². The molecule has 3 rings (SSSR count). The molecular formula is C20H17N3O6S2. The smallest absolute Gasteiger partial charge is 0.294 e. The summed E-state index contributed by atoms with van der Waals surface area (Å²) in [6, 6.07) is 14.8. The number of aromatic nitrogens is 1. The van der Waals surface area contributed by atoms with E-state index >= 15 is 0 Å². The Morgan fingerprint density at radius 3 is 1.94 bits per heavy atom. The molecule has 0 saturated carbocycles. The maximum atomic E-state index is 11.2. The SMILES string of the molecule is Cc1cc(Nc2ccc(S(=O)(=O)O)cc2)nc(Cc2ccc(S(=O)(=O)O)cc2)c1C#N. The standard InChI is InChI=1S/C20H17N3O6S2/c1-13-10-20(22-15-4-8-17(9-5-15)31(27,28)29)23-19(18(13)12-21)11-14-2-6-16(7-3-14)30(24,25)26/h2-10H,11H2,1H3,(H,22,23)(H,24,25,26)(H,27,28,29). The summed E-state index contributed by atoms with van der Waals surface area (Å²) in [5.74, 6) is 0.417. The van der Waals surface area contributed by atoms with Crippen molar-refractivity contribution < 1.29 is 25.9 Å². The molecule has 0 spiro atoms. The Balaban J connectivity index is 1.90. The number of benzene rings is 2. The third-order valence-corrected chi connectivity index (χ3v) is 6.16. The highest BCUT2D eigenvalue weighted by Crippen LogP contribution is 2.23. The van der Waals surface area contributed by atoms with E-state index in [0.29, 0.717) is 33.9 Å². The van der Waals surface area contributed by atoms with Crippen LogP contribution in [0.4, 0.5) is 11.5 Å². The number of nitriles is 1. The molecule has 0 saturated heterocycles. The van der Waals surface area contributed by atoms with Crippen LogP contribution in [0.5, 0.6) is 0 Å². The van der Waals surface area contributed by atoms with Crippen molar-refractivity contribution in [3.8, 4) is 6.07 Å². The first-order chi connectivity index (χ1) is 14.5. The molecule has 11 heteroatoms. The van der Waals surface area contributed by atoms with Crippen LogP contribution in [0.15, 0.2) is 64.4 Å². The van der Waals surface area contributed by atoms with E-state index in [1.807, 2.05) is 0 Å². The van der Waals surface area contributed by atoms with Crippen LogP contribution in [0.25, 0.3) is 0 Å². The number of nitrogens with one attached hydrogen (secondary N) is 1. The van der Waals surface area contributed by atoms with Crippen molar-refractivity contribution in [3.05, 3.63) is 77.0 Å². The first kappa shape index (κ1) is 22.4. The topological polar surface area (TPSA) is 157 Å². The van der Waals surface area contributed by atoms with Crippen LogP contribution in [0.2, 0.25) is 0 Å². The molecule has 1 aromatic heterocycles. The molecule has 0 atom stereocenters. The summed E-state index contributed by atoms with van der Waals surface area (Å²) in [6.45, 7) is 1.75. The van der Waals surface area contributed by atoms with Gasteiger partial charge in [-0.2, -0.15) is 22.1 Å². The van der Waals surface area contributed by atoms with Gasteiger partial charge in [0.15, 0.2) is 0 Å². The Labute approximate surface area is 179 Å². The van der Waals surface area contributed by atoms with E-state index in [1.54, 1.807) is 13.0 Å². The average Bonchev–Trinajstić information content (AvgIpc) is 2.67. The Kier molecular flexibility index (Phi) is 6.10. The van der Waals surface area contributed by atoms with Gasteiger partial charge in [-0.3, -0.25) is 9.11 Å². The number of pyridine rings is 1. The van der Waals surface area contributed by atoms with Gasteiger partial charge in [0.2, 0.25) is 0 Å². The molecule has 0 aliphatic heterocycles. The number of aryl methyl sites for hydroxylation is 1. The third-order valence-electron chi connectivity index (χ3n) is 4.42. The number of rotatable bonds is 6. The van der Waals surface area contributed by atoms with Crippen LogP contribution >= 0.6 is 0 Å². The van der Waals surface area contributed by atoms with Gasteiger partial charge in [0, 0.05) is 12.1 Å². The fourth-order valence-corrected chi connectivity index (χ4v) is 3.87. The second-order valence-corrected chi connectivity index (χ2v) is 9.52. The number of hydrogen-bond acceptors (Lipinski definition) is 7. The summed E-state index contributed by atoms with van der Waals surface area (Å²) >= 11 is 0. The van der Waals surface area contributed by atoms with Gasteiger partial charge in [-0.15, -0.1) is 0 Å². The highest BCUT2D eigenvalue weighted by atomic mass is 32.2. The first-order valence-corrected chi connectivity index (χ1v) is 11.7. The number of hydrogen-bond donors (Lipinski definition) is 3. The summed E-state index contributed by atoms with van der Waals surface area (Å²) < 4.78 is 62.8. The summed E-state index contributed by atoms with van der Waals surface area (Å²) in [5, 5.41) is 12.5. The Bertz CT molecular complexity index is 1380. The Hall–Kier alpha value is -3.30. The highest BCUT2D eigenvalue weighted by Gasteiger charge is 2.14. The molecule has 1 heterocycles. The van der Waals surface area contributed by atoms with Crippen molar-refractivity contribution in [2.75, 3.05) is 5.32 Å². The van der Waals surface area contributed by atoms with E-state index in [0.717, 1.165) is 0 Å². The zero-order chi connectivity index (χ0) is 22.8. The van der Waals surface area contributed by atoms with E-state index in [-0.39, 0.29) is 16.2 Å². The zero-order valence-electron chi connectivity index (χ0n) is 16.1. The zero-order valence-corrected chi connectivity index (χ0v) is 17.8. The molecule has 0 bridgehead atoms. The molecule has 0 unspecified atom stereocenters. The summed E-state index contributed by atoms with van der Waals surface area (Å²) in [6.07, 6.45) is 0.243. The summed E-state index contributed by atoms with van der Waals surface area (Å²) in [7, 11) is -8.59. The third kappa shape index (κ3) is 5.44. The van der Waals surface area contributed by atoms with Crippen LogP contribution < -0.4 is 5.32 Å². The minimum absolute atomic E-state index is 0.232. The molecule has 31 heavy (non-hydrogen) atoms. The molecule has 3 N–H and O–H groups in total. The van der Waals surface area contributed by atoms with Crippen LogP contribution in [-0.2, 0) is 26.7 Å². The van der Waals surface area contributed by atoms with E-state index < -0.39 is 20.2 Å². The van der Waals surface area contributed by atoms with E-state index in [2.05, 4.69) is 16.4 Å². The quantitative estimate of drug-likeness (QED) is 0.471. The van der Waals surface area contributed by atoms with Gasteiger partial charge in [-0.25, -0.2) is 4.98 Å². The average molecular weight is 460 g/mol. The predicted molar refractivity (Wildman–Crippen MR) is 112 cm³/mol. The minimum Gasteiger partial charge on any atom is -0.340 e. The fraction of sp³-hybridized carbons (Fsp3) is 0.100. The molecule has 9 nitrogen and oxygen atoms in total. The second-order valence-electron chi connectivity index (χ2n) is 6.68. The van der Waals surface area contributed by atoms with Gasteiger partial charge in [0.1, 0.15) is 11.9 Å². The van der Waals surface area contributed by atoms with Crippen LogP contribution in [0, 0.1) is 18.3 Å². The largest absolute Gasteiger partial charge is 0.340 e. The predicted octanol–water partition coefficient (Wildman–Crippen LogP) is 3.09. The van der Waals surface area contributed by atoms with Crippen molar-refractivity contribution in [2.24, 2.45) is 0 Å². The molecule has 0 aliphatic rings. The lowest BCUT2D eigenvalue weighted by atomic mass is 10.0. The van der Waals surface area contributed by atoms with Gasteiger partial charge >= 0.3 is 0 Å². The second kappa shape index (κ2) is 8.44. The first-order valence-electron chi connectivity index (χ1n) is 8.79. The van der Waals surface area contributed by atoms with Gasteiger partial charge in [0.25, 0.3) is 20.2 Å². The van der Waals surface area contributed by atoms with Crippen LogP contribution in [-0.4, -0.2) is 30.9 Å². The lowest BCUT2D eigenvalue weighted by Gasteiger charge is -2.12. The summed E-state index contributed by atoms with van der Waals surface area (Å²) in [4.78, 5) is 4.00. The lowest BCUT2D eigenvalue weighted by molar-refractivity contribution is 0.481. The Morgan fingerprint density at radius 1 is 0.935 bits per heavy atom. The molecule has 3 aromatic rings. The minimum atomic E-state index is -4.30. The molecule has 0 fully saturated rings. The Morgan fingerprint density at radius 2 is 1.45 bits per heavy atom. The van der Waals surface area contributed by atoms with Crippen LogP contribution in [0.3, 0.4) is 0 Å². The molecule has 0 aliphatic carbocycles. The number of nitrogens with zero attached hydrogens (tertiary/aromatic N) is 2. The molecule has 2 aromatic carbocycles.